The first-order chi connectivity index (χ1) is 12.7. The highest BCUT2D eigenvalue weighted by Crippen LogP contribution is 2.04. The number of nitrogens with one attached hydrogen (secondary N) is 3. The molecule has 6 heteroatoms. The number of rotatable bonds is 9. The number of aryl methyl sites for hydroxylation is 1. The summed E-state index contributed by atoms with van der Waals surface area (Å²) in [6.07, 6.45) is 3.52. The van der Waals surface area contributed by atoms with Crippen LogP contribution in [0.4, 0.5) is 0 Å². The van der Waals surface area contributed by atoms with Gasteiger partial charge in [-0.25, -0.2) is 0 Å². The second kappa shape index (κ2) is 11.0. The minimum absolute atomic E-state index is 0.223. The molecule has 2 aromatic rings. The molecule has 0 spiro atoms. The Bertz CT molecular complexity index is 668. The lowest BCUT2D eigenvalue weighted by Crippen LogP contribution is -2.42. The highest BCUT2D eigenvalue weighted by atomic mass is 16.3. The zero-order chi connectivity index (χ0) is 18.6. The summed E-state index contributed by atoms with van der Waals surface area (Å²) in [6, 6.07) is 14.1. The molecule has 1 unspecified atom stereocenters. The van der Waals surface area contributed by atoms with Crippen LogP contribution >= 0.6 is 0 Å². The van der Waals surface area contributed by atoms with Crippen LogP contribution in [0.25, 0.3) is 0 Å². The van der Waals surface area contributed by atoms with Crippen molar-refractivity contribution in [1.29, 1.82) is 0 Å². The number of carbonyl (C=O) groups excluding carboxylic acids is 1. The standard InChI is InChI=1S/C20H28N4O2/c1-3-21-20(23-14-13-22-19(25)18-10-7-15-26-18)24-16(2)11-12-17-8-5-4-6-9-17/h4-10,15-16H,3,11-14H2,1-2H3,(H,22,25)(H2,21,23,24). The molecule has 2 rings (SSSR count). The van der Waals surface area contributed by atoms with Crippen molar-refractivity contribution in [2.45, 2.75) is 32.7 Å². The van der Waals surface area contributed by atoms with Gasteiger partial charge in [0.15, 0.2) is 11.7 Å². The summed E-state index contributed by atoms with van der Waals surface area (Å²) in [5, 5.41) is 9.43. The van der Waals surface area contributed by atoms with Crippen LogP contribution in [0, 0.1) is 0 Å². The summed E-state index contributed by atoms with van der Waals surface area (Å²) in [5.74, 6) is 0.855. The van der Waals surface area contributed by atoms with Gasteiger partial charge in [-0.15, -0.1) is 0 Å². The number of aliphatic imine (C=N–C) groups is 1. The summed E-state index contributed by atoms with van der Waals surface area (Å²) in [5.41, 5.74) is 1.34. The van der Waals surface area contributed by atoms with Crippen LogP contribution in [-0.4, -0.2) is 37.5 Å². The summed E-state index contributed by atoms with van der Waals surface area (Å²) in [7, 11) is 0. The predicted molar refractivity (Wildman–Crippen MR) is 104 cm³/mol. The van der Waals surface area contributed by atoms with Crippen LogP contribution in [-0.2, 0) is 6.42 Å². The van der Waals surface area contributed by atoms with E-state index in [9.17, 15) is 4.79 Å². The van der Waals surface area contributed by atoms with Crippen molar-refractivity contribution in [2.75, 3.05) is 19.6 Å². The second-order valence-electron chi connectivity index (χ2n) is 6.06. The lowest BCUT2D eigenvalue weighted by Gasteiger charge is -2.18. The molecule has 3 N–H and O–H groups in total. The van der Waals surface area contributed by atoms with Crippen molar-refractivity contribution in [3.8, 4) is 0 Å². The molecule has 0 fully saturated rings. The van der Waals surface area contributed by atoms with E-state index in [0.29, 0.717) is 24.9 Å². The largest absolute Gasteiger partial charge is 0.459 e. The maximum Gasteiger partial charge on any atom is 0.287 e. The van der Waals surface area contributed by atoms with E-state index in [2.05, 4.69) is 52.1 Å². The molecular weight excluding hydrogens is 328 g/mol. The second-order valence-corrected chi connectivity index (χ2v) is 6.06. The van der Waals surface area contributed by atoms with Gasteiger partial charge in [0.2, 0.25) is 0 Å². The summed E-state index contributed by atoms with van der Waals surface area (Å²) < 4.78 is 5.06. The molecule has 1 amide bonds. The molecule has 0 aliphatic rings. The molecule has 0 saturated heterocycles. The number of nitrogens with zero attached hydrogens (tertiary/aromatic N) is 1. The molecule has 0 aliphatic heterocycles. The molecule has 0 saturated carbocycles. The fourth-order valence-electron chi connectivity index (χ4n) is 2.49. The average molecular weight is 356 g/mol. The van der Waals surface area contributed by atoms with Crippen molar-refractivity contribution in [1.82, 2.24) is 16.0 Å². The highest BCUT2D eigenvalue weighted by Gasteiger charge is 2.08. The smallest absolute Gasteiger partial charge is 0.287 e. The summed E-state index contributed by atoms with van der Waals surface area (Å²) >= 11 is 0. The lowest BCUT2D eigenvalue weighted by molar-refractivity contribution is 0.0927. The molecule has 140 valence electrons. The molecule has 0 aliphatic carbocycles. The number of furan rings is 1. The van der Waals surface area contributed by atoms with E-state index in [1.807, 2.05) is 13.0 Å². The van der Waals surface area contributed by atoms with E-state index in [1.54, 1.807) is 12.1 Å². The molecule has 0 bridgehead atoms. The van der Waals surface area contributed by atoms with Gasteiger partial charge in [-0.1, -0.05) is 30.3 Å². The van der Waals surface area contributed by atoms with Crippen molar-refractivity contribution >= 4 is 11.9 Å². The Labute approximate surface area is 155 Å². The highest BCUT2D eigenvalue weighted by molar-refractivity contribution is 5.91. The van der Waals surface area contributed by atoms with E-state index in [1.165, 1.54) is 11.8 Å². The van der Waals surface area contributed by atoms with E-state index in [4.69, 9.17) is 4.42 Å². The SMILES string of the molecule is CCNC(=NCCNC(=O)c1ccco1)NC(C)CCc1ccccc1. The molecular formula is C20H28N4O2. The van der Waals surface area contributed by atoms with Gasteiger partial charge in [-0.05, 0) is 44.4 Å². The number of guanidine groups is 1. The minimum atomic E-state index is -0.223. The van der Waals surface area contributed by atoms with Gasteiger partial charge in [-0.2, -0.15) is 0 Å². The van der Waals surface area contributed by atoms with Crippen molar-refractivity contribution in [3.63, 3.8) is 0 Å². The number of carbonyl (C=O) groups is 1. The number of hydrogen-bond acceptors (Lipinski definition) is 3. The topological polar surface area (TPSA) is 78.7 Å². The molecule has 1 atom stereocenters. The number of benzene rings is 1. The third-order valence-corrected chi connectivity index (χ3v) is 3.85. The van der Waals surface area contributed by atoms with E-state index in [0.717, 1.165) is 25.3 Å². The van der Waals surface area contributed by atoms with Gasteiger partial charge in [0.05, 0.1) is 12.8 Å². The molecule has 1 aromatic heterocycles. The maximum atomic E-state index is 11.8. The Morgan fingerprint density at radius 2 is 1.96 bits per heavy atom. The van der Waals surface area contributed by atoms with Gasteiger partial charge in [0.25, 0.3) is 5.91 Å². The Morgan fingerprint density at radius 1 is 1.15 bits per heavy atom. The van der Waals surface area contributed by atoms with Crippen molar-refractivity contribution in [3.05, 3.63) is 60.1 Å². The number of amides is 1. The zero-order valence-corrected chi connectivity index (χ0v) is 15.5. The first-order valence-corrected chi connectivity index (χ1v) is 9.09. The summed E-state index contributed by atoms with van der Waals surface area (Å²) in [6.45, 7) is 5.91. The molecule has 1 aromatic carbocycles. The lowest BCUT2D eigenvalue weighted by atomic mass is 10.1. The van der Waals surface area contributed by atoms with Gasteiger partial charge in [0.1, 0.15) is 0 Å². The van der Waals surface area contributed by atoms with E-state index >= 15 is 0 Å². The predicted octanol–water partition coefficient (Wildman–Crippen LogP) is 2.59. The number of hydrogen-bond donors (Lipinski definition) is 3. The van der Waals surface area contributed by atoms with Gasteiger partial charge in [0, 0.05) is 19.1 Å². The summed E-state index contributed by atoms with van der Waals surface area (Å²) in [4.78, 5) is 16.3. The fraction of sp³-hybridized carbons (Fsp3) is 0.400. The van der Waals surface area contributed by atoms with Crippen LogP contribution < -0.4 is 16.0 Å². The normalized spacial score (nSPS) is 12.5. The Hall–Kier alpha value is -2.76. The third-order valence-electron chi connectivity index (χ3n) is 3.85. The fourth-order valence-corrected chi connectivity index (χ4v) is 2.49. The van der Waals surface area contributed by atoms with Crippen LogP contribution in [0.5, 0.6) is 0 Å². The van der Waals surface area contributed by atoms with Gasteiger partial charge >= 0.3 is 0 Å². The first kappa shape index (κ1) is 19.6. The van der Waals surface area contributed by atoms with Crippen LogP contribution in [0.15, 0.2) is 58.1 Å². The van der Waals surface area contributed by atoms with Crippen LogP contribution in [0.1, 0.15) is 36.4 Å². The van der Waals surface area contributed by atoms with Crippen LogP contribution in [0.3, 0.4) is 0 Å². The van der Waals surface area contributed by atoms with E-state index < -0.39 is 0 Å². The van der Waals surface area contributed by atoms with Gasteiger partial charge in [-0.3, -0.25) is 9.79 Å². The third kappa shape index (κ3) is 7.01. The Kier molecular flexibility index (Phi) is 8.26. The zero-order valence-electron chi connectivity index (χ0n) is 15.5. The minimum Gasteiger partial charge on any atom is -0.459 e. The van der Waals surface area contributed by atoms with Crippen molar-refractivity contribution < 1.29 is 9.21 Å². The quantitative estimate of drug-likeness (QED) is 0.367. The molecule has 6 nitrogen and oxygen atoms in total. The Morgan fingerprint density at radius 3 is 2.65 bits per heavy atom. The van der Waals surface area contributed by atoms with Crippen molar-refractivity contribution in [2.24, 2.45) is 4.99 Å². The first-order valence-electron chi connectivity index (χ1n) is 9.09. The van der Waals surface area contributed by atoms with Crippen LogP contribution in [0.2, 0.25) is 0 Å². The molecule has 0 radical (unpaired) electrons. The monoisotopic (exact) mass is 356 g/mol. The molecule has 1 heterocycles. The van der Waals surface area contributed by atoms with E-state index in [-0.39, 0.29) is 5.91 Å². The Balaban J connectivity index is 1.73. The maximum absolute atomic E-state index is 11.8. The average Bonchev–Trinajstić information content (AvgIpc) is 3.19. The molecule has 26 heavy (non-hydrogen) atoms. The van der Waals surface area contributed by atoms with Gasteiger partial charge < -0.3 is 20.4 Å².